The lowest BCUT2D eigenvalue weighted by atomic mass is 10.1. The molecule has 0 aliphatic carbocycles. The van der Waals surface area contributed by atoms with Gasteiger partial charge in [0.1, 0.15) is 11.6 Å². The summed E-state index contributed by atoms with van der Waals surface area (Å²) in [5, 5.41) is 17.7. The maximum atomic E-state index is 10.6. The summed E-state index contributed by atoms with van der Waals surface area (Å²) in [5.41, 5.74) is 0.222. The van der Waals surface area contributed by atoms with Crippen LogP contribution in [-0.2, 0) is 4.79 Å². The summed E-state index contributed by atoms with van der Waals surface area (Å²) < 4.78 is 0.681. The van der Waals surface area contributed by atoms with Crippen LogP contribution in [0.15, 0.2) is 28.2 Å². The molecule has 0 aromatic heterocycles. The van der Waals surface area contributed by atoms with E-state index in [2.05, 4.69) is 15.9 Å². The molecule has 1 N–H and O–H groups in total. The molecule has 0 amide bonds. The zero-order valence-electron chi connectivity index (χ0n) is 7.37. The second kappa shape index (κ2) is 4.96. The van der Waals surface area contributed by atoms with Crippen LogP contribution in [0.25, 0.3) is 6.08 Å². The number of carboxylic acid groups (broad SMARTS) is 1. The molecule has 0 radical (unpaired) electrons. The van der Waals surface area contributed by atoms with Gasteiger partial charge in [0.05, 0.1) is 0 Å². The van der Waals surface area contributed by atoms with E-state index in [4.69, 9.17) is 22.0 Å². The van der Waals surface area contributed by atoms with Gasteiger partial charge in [-0.25, -0.2) is 4.79 Å². The lowest BCUT2D eigenvalue weighted by Crippen LogP contribution is -1.97. The predicted octanol–water partition coefficient (Wildman–Crippen LogP) is 3.09. The summed E-state index contributed by atoms with van der Waals surface area (Å²) in [5.74, 6) is -1.26. The van der Waals surface area contributed by atoms with E-state index in [-0.39, 0.29) is 5.57 Å². The van der Waals surface area contributed by atoms with Crippen molar-refractivity contribution < 1.29 is 9.90 Å². The van der Waals surface area contributed by atoms with Gasteiger partial charge in [0.15, 0.2) is 0 Å². The number of halogens is 2. The molecule has 0 atom stereocenters. The average Bonchev–Trinajstić information content (AvgIpc) is 2.18. The van der Waals surface area contributed by atoms with Crippen molar-refractivity contribution in [2.45, 2.75) is 0 Å². The van der Waals surface area contributed by atoms with Crippen LogP contribution in [-0.4, -0.2) is 11.1 Å². The molecule has 0 fully saturated rings. The van der Waals surface area contributed by atoms with Gasteiger partial charge in [-0.3, -0.25) is 0 Å². The molecule has 0 spiro atoms. The fraction of sp³-hybridized carbons (Fsp3) is 0. The molecular formula is C10H5BrClNO2. The normalized spacial score (nSPS) is 10.9. The van der Waals surface area contributed by atoms with Gasteiger partial charge in [-0.05, 0) is 29.8 Å². The van der Waals surface area contributed by atoms with Crippen LogP contribution in [0.1, 0.15) is 5.56 Å². The van der Waals surface area contributed by atoms with E-state index in [0.29, 0.717) is 15.1 Å². The molecule has 0 bridgehead atoms. The number of nitrogens with zero attached hydrogens (tertiary/aromatic N) is 1. The van der Waals surface area contributed by atoms with Crippen molar-refractivity contribution in [2.24, 2.45) is 0 Å². The minimum absolute atomic E-state index is 0.335. The molecular weight excluding hydrogens is 281 g/mol. The van der Waals surface area contributed by atoms with E-state index in [0.717, 1.165) is 0 Å². The van der Waals surface area contributed by atoms with Gasteiger partial charge in [0.25, 0.3) is 0 Å². The monoisotopic (exact) mass is 285 g/mol. The van der Waals surface area contributed by atoms with Crippen LogP contribution in [0.3, 0.4) is 0 Å². The Kier molecular flexibility index (Phi) is 3.89. The number of benzene rings is 1. The predicted molar refractivity (Wildman–Crippen MR) is 60.4 cm³/mol. The fourth-order valence-corrected chi connectivity index (χ4v) is 1.46. The molecule has 0 aliphatic rings. The van der Waals surface area contributed by atoms with E-state index in [9.17, 15) is 4.79 Å². The largest absolute Gasteiger partial charge is 0.477 e. The number of carbonyl (C=O) groups is 1. The van der Waals surface area contributed by atoms with Gasteiger partial charge in [-0.2, -0.15) is 5.26 Å². The Bertz CT molecular complexity index is 477. The summed E-state index contributed by atoms with van der Waals surface area (Å²) in [7, 11) is 0. The summed E-state index contributed by atoms with van der Waals surface area (Å²) in [4.78, 5) is 10.6. The number of aliphatic carboxylic acids is 1. The first-order valence-corrected chi connectivity index (χ1v) is 5.02. The van der Waals surface area contributed by atoms with Crippen LogP contribution in [0, 0.1) is 11.3 Å². The van der Waals surface area contributed by atoms with Gasteiger partial charge in [-0.1, -0.05) is 27.5 Å². The minimum atomic E-state index is -1.26. The smallest absolute Gasteiger partial charge is 0.346 e. The summed E-state index contributed by atoms with van der Waals surface area (Å²) in [6, 6.07) is 6.52. The summed E-state index contributed by atoms with van der Waals surface area (Å²) in [6.07, 6.45) is 1.26. The van der Waals surface area contributed by atoms with E-state index in [1.165, 1.54) is 6.08 Å². The molecule has 3 nitrogen and oxygen atoms in total. The van der Waals surface area contributed by atoms with Crippen LogP contribution >= 0.6 is 27.5 Å². The highest BCUT2D eigenvalue weighted by molar-refractivity contribution is 9.10. The van der Waals surface area contributed by atoms with Gasteiger partial charge >= 0.3 is 5.97 Å². The van der Waals surface area contributed by atoms with Crippen molar-refractivity contribution in [3.05, 3.63) is 38.8 Å². The number of carboxylic acids is 1. The van der Waals surface area contributed by atoms with Gasteiger partial charge in [-0.15, -0.1) is 0 Å². The molecule has 0 saturated heterocycles. The average molecular weight is 287 g/mol. The number of nitriles is 1. The van der Waals surface area contributed by atoms with Crippen LogP contribution in [0.5, 0.6) is 0 Å². The third-order valence-corrected chi connectivity index (χ3v) is 2.57. The molecule has 15 heavy (non-hydrogen) atoms. The lowest BCUT2D eigenvalue weighted by molar-refractivity contribution is -0.132. The van der Waals surface area contributed by atoms with Crippen LogP contribution in [0.2, 0.25) is 5.02 Å². The molecule has 0 heterocycles. The highest BCUT2D eigenvalue weighted by Gasteiger charge is 2.07. The molecule has 0 saturated carbocycles. The van der Waals surface area contributed by atoms with E-state index in [1.807, 2.05) is 0 Å². The Hall–Kier alpha value is -1.31. The quantitative estimate of drug-likeness (QED) is 0.671. The van der Waals surface area contributed by atoms with Crippen molar-refractivity contribution in [3.63, 3.8) is 0 Å². The molecule has 1 aromatic rings. The standard InChI is InChI=1S/C10H5BrClNO2/c11-9-2-1-8(12)4-6(9)3-7(5-13)10(14)15/h1-4H,(H,14,15). The maximum absolute atomic E-state index is 10.6. The third kappa shape index (κ3) is 3.08. The summed E-state index contributed by atoms with van der Waals surface area (Å²) in [6.45, 7) is 0. The highest BCUT2D eigenvalue weighted by Crippen LogP contribution is 2.23. The van der Waals surface area contributed by atoms with Crippen molar-refractivity contribution in [1.82, 2.24) is 0 Å². The van der Waals surface area contributed by atoms with E-state index >= 15 is 0 Å². The molecule has 0 unspecified atom stereocenters. The topological polar surface area (TPSA) is 61.1 Å². The maximum Gasteiger partial charge on any atom is 0.346 e. The zero-order valence-corrected chi connectivity index (χ0v) is 9.71. The summed E-state index contributed by atoms with van der Waals surface area (Å²) >= 11 is 8.97. The highest BCUT2D eigenvalue weighted by atomic mass is 79.9. The molecule has 1 aromatic carbocycles. The Balaban J connectivity index is 3.23. The number of rotatable bonds is 2. The Morgan fingerprint density at radius 2 is 2.27 bits per heavy atom. The molecule has 0 aliphatic heterocycles. The van der Waals surface area contributed by atoms with Gasteiger partial charge in [0, 0.05) is 9.50 Å². The zero-order chi connectivity index (χ0) is 11.4. The number of hydrogen-bond donors (Lipinski definition) is 1. The second-order valence-corrected chi connectivity index (χ2v) is 3.93. The van der Waals surface area contributed by atoms with E-state index < -0.39 is 5.97 Å². The first-order valence-electron chi connectivity index (χ1n) is 3.84. The minimum Gasteiger partial charge on any atom is -0.477 e. The van der Waals surface area contributed by atoms with Crippen molar-refractivity contribution in [3.8, 4) is 6.07 Å². The fourth-order valence-electron chi connectivity index (χ4n) is 0.923. The van der Waals surface area contributed by atoms with Crippen LogP contribution in [0.4, 0.5) is 0 Å². The first-order chi connectivity index (χ1) is 7.04. The van der Waals surface area contributed by atoms with Crippen molar-refractivity contribution >= 4 is 39.6 Å². The number of hydrogen-bond acceptors (Lipinski definition) is 2. The van der Waals surface area contributed by atoms with Crippen molar-refractivity contribution in [2.75, 3.05) is 0 Å². The molecule has 76 valence electrons. The van der Waals surface area contributed by atoms with Gasteiger partial charge in [0.2, 0.25) is 0 Å². The SMILES string of the molecule is N#CC(=Cc1cc(Cl)ccc1Br)C(=O)O. The Morgan fingerprint density at radius 1 is 1.60 bits per heavy atom. The van der Waals surface area contributed by atoms with Gasteiger partial charge < -0.3 is 5.11 Å². The second-order valence-electron chi connectivity index (χ2n) is 2.64. The molecule has 1 rings (SSSR count). The lowest BCUT2D eigenvalue weighted by Gasteiger charge is -1.99. The van der Waals surface area contributed by atoms with Crippen LogP contribution < -0.4 is 0 Å². The van der Waals surface area contributed by atoms with Crippen molar-refractivity contribution in [1.29, 1.82) is 5.26 Å². The molecule has 5 heteroatoms. The van der Waals surface area contributed by atoms with E-state index in [1.54, 1.807) is 24.3 Å². The Morgan fingerprint density at radius 3 is 2.80 bits per heavy atom. The third-order valence-electron chi connectivity index (χ3n) is 1.61. The Labute approximate surface area is 99.7 Å². The first kappa shape index (κ1) is 11.8.